The maximum Gasteiger partial charge on any atom is 0.106 e. The molecule has 0 aliphatic rings. The normalized spacial score (nSPS) is 9.21. The summed E-state index contributed by atoms with van der Waals surface area (Å²) >= 11 is 0. The summed E-state index contributed by atoms with van der Waals surface area (Å²) < 4.78 is 0. The van der Waals surface area contributed by atoms with Crippen LogP contribution in [0, 0.1) is 0 Å². The quantitative estimate of drug-likeness (QED) is 0.668. The van der Waals surface area contributed by atoms with Crippen LogP contribution in [0.15, 0.2) is 42.5 Å². The number of fused-ring (bicyclic) bond motifs is 1. The van der Waals surface area contributed by atoms with Crippen molar-refractivity contribution >= 4 is 17.6 Å². The van der Waals surface area contributed by atoms with Crippen molar-refractivity contribution < 1.29 is 4.79 Å². The van der Waals surface area contributed by atoms with Crippen molar-refractivity contribution in [2.45, 2.75) is 13.3 Å². The van der Waals surface area contributed by atoms with Gasteiger partial charge in [0.15, 0.2) is 0 Å². The summed E-state index contributed by atoms with van der Waals surface area (Å²) in [5.41, 5.74) is 1.44. The second-order valence-electron chi connectivity index (χ2n) is 2.99. The van der Waals surface area contributed by atoms with Crippen molar-refractivity contribution in [1.82, 2.24) is 0 Å². The maximum absolute atomic E-state index is 8.00. The first-order chi connectivity index (χ1) is 6.92. The number of carbonyl (C=O) groups is 1. The van der Waals surface area contributed by atoms with Crippen LogP contribution in [-0.4, -0.2) is 6.79 Å². The van der Waals surface area contributed by atoms with Crippen molar-refractivity contribution in [3.05, 3.63) is 48.0 Å². The van der Waals surface area contributed by atoms with Crippen LogP contribution in [0.1, 0.15) is 12.5 Å². The van der Waals surface area contributed by atoms with Crippen molar-refractivity contribution in [3.63, 3.8) is 0 Å². The molecule has 0 radical (unpaired) electrons. The topological polar surface area (TPSA) is 17.1 Å². The van der Waals surface area contributed by atoms with E-state index in [4.69, 9.17) is 4.79 Å². The molecular weight excluding hydrogens is 172 g/mol. The molecule has 0 N–H and O–H groups in total. The Balaban J connectivity index is 0.000000461. The molecule has 0 aliphatic carbocycles. The number of benzene rings is 2. The van der Waals surface area contributed by atoms with E-state index in [9.17, 15) is 0 Å². The monoisotopic (exact) mass is 186 g/mol. The van der Waals surface area contributed by atoms with Crippen LogP contribution in [0.3, 0.4) is 0 Å². The van der Waals surface area contributed by atoms with Gasteiger partial charge < -0.3 is 4.79 Å². The molecule has 0 bridgehead atoms. The largest absolute Gasteiger partial charge is 0.307 e. The van der Waals surface area contributed by atoms with Gasteiger partial charge in [-0.3, -0.25) is 0 Å². The fourth-order valence-electron chi connectivity index (χ4n) is 1.60. The smallest absolute Gasteiger partial charge is 0.106 e. The maximum atomic E-state index is 8.00. The van der Waals surface area contributed by atoms with Gasteiger partial charge in [-0.15, -0.1) is 0 Å². The summed E-state index contributed by atoms with van der Waals surface area (Å²) in [6.45, 7) is 4.20. The Hall–Kier alpha value is -1.63. The lowest BCUT2D eigenvalue weighted by Crippen LogP contribution is -1.81. The highest BCUT2D eigenvalue weighted by molar-refractivity contribution is 5.85. The van der Waals surface area contributed by atoms with Gasteiger partial charge in [-0.25, -0.2) is 0 Å². The molecule has 2 aromatic rings. The van der Waals surface area contributed by atoms with E-state index < -0.39 is 0 Å². The highest BCUT2D eigenvalue weighted by Gasteiger charge is 1.95. The number of aryl methyl sites for hydroxylation is 1. The molecule has 0 heterocycles. The van der Waals surface area contributed by atoms with Crippen LogP contribution in [0.4, 0.5) is 0 Å². The SMILES string of the molecule is C=O.CCc1cccc2ccccc12. The molecule has 0 atom stereocenters. The molecule has 2 rings (SSSR count). The highest BCUT2D eigenvalue weighted by Crippen LogP contribution is 2.18. The Morgan fingerprint density at radius 2 is 1.64 bits per heavy atom. The predicted molar refractivity (Wildman–Crippen MR) is 60.4 cm³/mol. The fourth-order valence-corrected chi connectivity index (χ4v) is 1.60. The third kappa shape index (κ3) is 1.99. The molecule has 0 amide bonds. The second-order valence-corrected chi connectivity index (χ2v) is 2.99. The van der Waals surface area contributed by atoms with Gasteiger partial charge in [0.2, 0.25) is 0 Å². The molecule has 0 spiro atoms. The van der Waals surface area contributed by atoms with Crippen LogP contribution >= 0.6 is 0 Å². The van der Waals surface area contributed by atoms with Crippen LogP contribution in [-0.2, 0) is 11.2 Å². The molecule has 72 valence electrons. The molecule has 0 saturated carbocycles. The van der Waals surface area contributed by atoms with E-state index in [1.54, 1.807) is 0 Å². The van der Waals surface area contributed by atoms with E-state index in [0.29, 0.717) is 0 Å². The van der Waals surface area contributed by atoms with E-state index in [2.05, 4.69) is 49.4 Å². The van der Waals surface area contributed by atoms with Gasteiger partial charge >= 0.3 is 0 Å². The number of hydrogen-bond donors (Lipinski definition) is 0. The van der Waals surface area contributed by atoms with E-state index in [-0.39, 0.29) is 0 Å². The summed E-state index contributed by atoms with van der Waals surface area (Å²) in [6, 6.07) is 15.0. The molecule has 0 saturated heterocycles. The summed E-state index contributed by atoms with van der Waals surface area (Å²) in [6.07, 6.45) is 1.11. The van der Waals surface area contributed by atoms with Crippen LogP contribution < -0.4 is 0 Å². The zero-order valence-corrected chi connectivity index (χ0v) is 8.36. The summed E-state index contributed by atoms with van der Waals surface area (Å²) in [5, 5.41) is 2.74. The third-order valence-electron chi connectivity index (χ3n) is 2.26. The van der Waals surface area contributed by atoms with Gasteiger partial charge in [0.05, 0.1) is 0 Å². The lowest BCUT2D eigenvalue weighted by Gasteiger charge is -2.02. The van der Waals surface area contributed by atoms with E-state index in [0.717, 1.165) is 6.42 Å². The third-order valence-corrected chi connectivity index (χ3v) is 2.26. The Morgan fingerprint density at radius 3 is 2.36 bits per heavy atom. The van der Waals surface area contributed by atoms with Gasteiger partial charge in [0, 0.05) is 0 Å². The summed E-state index contributed by atoms with van der Waals surface area (Å²) in [7, 11) is 0. The Kier molecular flexibility index (Phi) is 3.86. The first-order valence-electron chi connectivity index (χ1n) is 4.67. The zero-order valence-electron chi connectivity index (χ0n) is 8.36. The minimum Gasteiger partial charge on any atom is -0.307 e. The first kappa shape index (κ1) is 10.5. The first-order valence-corrected chi connectivity index (χ1v) is 4.67. The predicted octanol–water partition coefficient (Wildman–Crippen LogP) is 3.22. The van der Waals surface area contributed by atoms with Crippen molar-refractivity contribution in [2.24, 2.45) is 0 Å². The summed E-state index contributed by atoms with van der Waals surface area (Å²) in [4.78, 5) is 8.00. The number of rotatable bonds is 1. The van der Waals surface area contributed by atoms with Gasteiger partial charge in [0.25, 0.3) is 0 Å². The van der Waals surface area contributed by atoms with Crippen LogP contribution in [0.25, 0.3) is 10.8 Å². The molecule has 0 unspecified atom stereocenters. The molecule has 0 aliphatic heterocycles. The van der Waals surface area contributed by atoms with Gasteiger partial charge in [-0.2, -0.15) is 0 Å². The van der Waals surface area contributed by atoms with Crippen molar-refractivity contribution in [2.75, 3.05) is 0 Å². The fraction of sp³-hybridized carbons (Fsp3) is 0.154. The molecule has 0 fully saturated rings. The van der Waals surface area contributed by atoms with E-state index in [1.165, 1.54) is 16.3 Å². The summed E-state index contributed by atoms with van der Waals surface area (Å²) in [5.74, 6) is 0. The lowest BCUT2D eigenvalue weighted by atomic mass is 10.0. The van der Waals surface area contributed by atoms with Crippen molar-refractivity contribution in [1.29, 1.82) is 0 Å². The Bertz CT molecular complexity index is 401. The number of hydrogen-bond acceptors (Lipinski definition) is 1. The van der Waals surface area contributed by atoms with Crippen molar-refractivity contribution in [3.8, 4) is 0 Å². The minimum atomic E-state index is 1.11. The molecule has 1 nitrogen and oxygen atoms in total. The van der Waals surface area contributed by atoms with Gasteiger partial charge in [0.1, 0.15) is 6.79 Å². The Labute approximate surface area is 84.4 Å². The van der Waals surface area contributed by atoms with E-state index in [1.807, 2.05) is 6.79 Å². The van der Waals surface area contributed by atoms with Gasteiger partial charge in [-0.1, -0.05) is 49.4 Å². The Morgan fingerprint density at radius 1 is 1.00 bits per heavy atom. The molecule has 0 aromatic heterocycles. The minimum absolute atomic E-state index is 1.11. The average molecular weight is 186 g/mol. The molecule has 2 aromatic carbocycles. The standard InChI is InChI=1S/C12H12.CH2O/c1-2-10-7-5-8-11-6-3-4-9-12(10)11;1-2/h3-9H,2H2,1H3;1H2. The van der Waals surface area contributed by atoms with Gasteiger partial charge in [-0.05, 0) is 22.8 Å². The van der Waals surface area contributed by atoms with Crippen LogP contribution in [0.2, 0.25) is 0 Å². The lowest BCUT2D eigenvalue weighted by molar-refractivity contribution is -0.0979. The number of carbonyl (C=O) groups excluding carboxylic acids is 1. The zero-order chi connectivity index (χ0) is 10.4. The molecule has 1 heteroatoms. The molecule has 14 heavy (non-hydrogen) atoms. The van der Waals surface area contributed by atoms with Crippen LogP contribution in [0.5, 0.6) is 0 Å². The van der Waals surface area contributed by atoms with E-state index >= 15 is 0 Å². The average Bonchev–Trinajstić information content (AvgIpc) is 2.31. The molecular formula is C13H14O. The highest BCUT2D eigenvalue weighted by atomic mass is 16.1. The second kappa shape index (κ2) is 5.18.